The van der Waals surface area contributed by atoms with Crippen LogP contribution in [0.3, 0.4) is 0 Å². The van der Waals surface area contributed by atoms with Crippen LogP contribution in [0.1, 0.15) is 55.0 Å². The Kier molecular flexibility index (Phi) is 7.19. The van der Waals surface area contributed by atoms with E-state index in [1.807, 2.05) is 24.3 Å². The van der Waals surface area contributed by atoms with E-state index in [4.69, 9.17) is 10.5 Å². The fraction of sp³-hybridized carbons (Fsp3) is 0.417. The average molecular weight is 352 g/mol. The number of hydrogen-bond acceptors (Lipinski definition) is 2. The number of allylic oxidation sites excluding steroid dienone is 1. The van der Waals surface area contributed by atoms with Crippen molar-refractivity contribution in [2.24, 2.45) is 11.7 Å². The van der Waals surface area contributed by atoms with Gasteiger partial charge in [0.2, 0.25) is 0 Å². The minimum Gasteiger partial charge on any atom is -0.372 e. The molecule has 1 unspecified atom stereocenters. The Morgan fingerprint density at radius 3 is 2.27 bits per heavy atom. The van der Waals surface area contributed by atoms with E-state index in [0.717, 1.165) is 18.4 Å². The van der Waals surface area contributed by atoms with Gasteiger partial charge in [-0.2, -0.15) is 0 Å². The van der Waals surface area contributed by atoms with Crippen molar-refractivity contribution in [1.29, 1.82) is 0 Å². The smallest absolute Gasteiger partial charge is 0.0798 e. The Morgan fingerprint density at radius 1 is 1.08 bits per heavy atom. The summed E-state index contributed by atoms with van der Waals surface area (Å²) in [5, 5.41) is 0. The first kappa shape index (κ1) is 20.4. The maximum atomic E-state index is 6.88. The zero-order chi connectivity index (χ0) is 19.2. The van der Waals surface area contributed by atoms with E-state index in [0.29, 0.717) is 12.5 Å². The lowest BCUT2D eigenvalue weighted by Crippen LogP contribution is -2.43. The van der Waals surface area contributed by atoms with Gasteiger partial charge in [-0.25, -0.2) is 0 Å². The maximum Gasteiger partial charge on any atom is 0.0798 e. The molecule has 2 heteroatoms. The van der Waals surface area contributed by atoms with E-state index in [1.165, 1.54) is 16.7 Å². The van der Waals surface area contributed by atoms with Crippen LogP contribution in [0.4, 0.5) is 0 Å². The molecule has 2 aromatic carbocycles. The van der Waals surface area contributed by atoms with Gasteiger partial charge in [-0.1, -0.05) is 72.7 Å². The average Bonchev–Trinajstić information content (AvgIpc) is 2.60. The molecule has 0 aliphatic carbocycles. The zero-order valence-corrected chi connectivity index (χ0v) is 16.7. The highest BCUT2D eigenvalue weighted by atomic mass is 16.5. The van der Waals surface area contributed by atoms with E-state index in [-0.39, 0.29) is 6.10 Å². The summed E-state index contributed by atoms with van der Waals surface area (Å²) in [6, 6.07) is 16.9. The van der Waals surface area contributed by atoms with Gasteiger partial charge in [0.05, 0.1) is 18.2 Å². The van der Waals surface area contributed by atoms with Crippen molar-refractivity contribution in [1.82, 2.24) is 0 Å². The molecule has 0 aliphatic heterocycles. The van der Waals surface area contributed by atoms with Gasteiger partial charge in [-0.15, -0.1) is 6.58 Å². The second kappa shape index (κ2) is 9.16. The van der Waals surface area contributed by atoms with Gasteiger partial charge in [0, 0.05) is 0 Å². The predicted molar refractivity (Wildman–Crippen MR) is 111 cm³/mol. The second-order valence-electron chi connectivity index (χ2n) is 7.73. The van der Waals surface area contributed by atoms with Gasteiger partial charge in [0.15, 0.2) is 0 Å². The van der Waals surface area contributed by atoms with Crippen molar-refractivity contribution < 1.29 is 4.74 Å². The van der Waals surface area contributed by atoms with Crippen molar-refractivity contribution in [3.63, 3.8) is 0 Å². The van der Waals surface area contributed by atoms with Crippen molar-refractivity contribution >= 4 is 0 Å². The fourth-order valence-corrected chi connectivity index (χ4v) is 3.63. The molecule has 0 saturated carbocycles. The monoisotopic (exact) mass is 351 g/mol. The van der Waals surface area contributed by atoms with Gasteiger partial charge in [0.1, 0.15) is 0 Å². The second-order valence-corrected chi connectivity index (χ2v) is 7.73. The largest absolute Gasteiger partial charge is 0.372 e. The number of rotatable bonds is 9. The normalized spacial score (nSPS) is 15.9. The van der Waals surface area contributed by atoms with Crippen LogP contribution in [-0.2, 0) is 10.3 Å². The molecular weight excluding hydrogens is 318 g/mol. The Morgan fingerprint density at radius 2 is 1.69 bits per heavy atom. The molecule has 3 atom stereocenters. The van der Waals surface area contributed by atoms with Crippen LogP contribution in [0.15, 0.2) is 61.2 Å². The summed E-state index contributed by atoms with van der Waals surface area (Å²) in [6.45, 7) is 12.9. The molecule has 2 nitrogen and oxygen atoms in total. The summed E-state index contributed by atoms with van der Waals surface area (Å²) >= 11 is 0. The van der Waals surface area contributed by atoms with Gasteiger partial charge in [-0.3, -0.25) is 0 Å². The van der Waals surface area contributed by atoms with E-state index in [9.17, 15) is 0 Å². The number of ether oxygens (including phenoxy) is 1. The third-order valence-corrected chi connectivity index (χ3v) is 4.93. The fourth-order valence-electron chi connectivity index (χ4n) is 3.63. The molecule has 2 rings (SSSR count). The van der Waals surface area contributed by atoms with E-state index >= 15 is 0 Å². The van der Waals surface area contributed by atoms with Crippen LogP contribution < -0.4 is 5.73 Å². The molecule has 0 saturated heterocycles. The Bertz CT molecular complexity index is 689. The molecule has 0 fully saturated rings. The van der Waals surface area contributed by atoms with Gasteiger partial charge >= 0.3 is 0 Å². The van der Waals surface area contributed by atoms with E-state index in [1.54, 1.807) is 0 Å². The number of aryl methyl sites for hydroxylation is 2. The molecule has 0 aromatic heterocycles. The zero-order valence-electron chi connectivity index (χ0n) is 16.7. The summed E-state index contributed by atoms with van der Waals surface area (Å²) in [7, 11) is 0. The molecule has 140 valence electrons. The molecule has 0 bridgehead atoms. The van der Waals surface area contributed by atoms with Gasteiger partial charge < -0.3 is 10.5 Å². The highest BCUT2D eigenvalue weighted by Gasteiger charge is 2.30. The third-order valence-electron chi connectivity index (χ3n) is 4.93. The lowest BCUT2D eigenvalue weighted by Gasteiger charge is -2.33. The summed E-state index contributed by atoms with van der Waals surface area (Å²) in [5.74, 6) is 0.456. The summed E-state index contributed by atoms with van der Waals surface area (Å²) in [4.78, 5) is 0. The molecule has 26 heavy (non-hydrogen) atoms. The Labute approximate surface area is 159 Å². The van der Waals surface area contributed by atoms with Crippen LogP contribution in [0.25, 0.3) is 0 Å². The molecule has 0 radical (unpaired) electrons. The first-order valence-electron chi connectivity index (χ1n) is 9.49. The molecule has 0 heterocycles. The van der Waals surface area contributed by atoms with Crippen molar-refractivity contribution in [2.75, 3.05) is 6.61 Å². The Hall–Kier alpha value is -1.90. The van der Waals surface area contributed by atoms with Crippen molar-refractivity contribution in [2.45, 2.75) is 52.2 Å². The van der Waals surface area contributed by atoms with Gasteiger partial charge in [-0.05, 0) is 50.7 Å². The predicted octanol–water partition coefficient (Wildman–Crippen LogP) is 5.84. The van der Waals surface area contributed by atoms with Gasteiger partial charge in [0.25, 0.3) is 0 Å². The molecular formula is C24H33NO. The SMILES string of the molecule is C=CCC(C)C[C@@](N)(CO[C@H](C)c1cc(C)cc(C)c1)c1ccccc1. The minimum atomic E-state index is -0.503. The molecule has 0 amide bonds. The lowest BCUT2D eigenvalue weighted by atomic mass is 9.82. The summed E-state index contributed by atoms with van der Waals surface area (Å²) in [6.07, 6.45) is 3.80. The number of nitrogens with two attached hydrogens (primary N) is 1. The minimum absolute atomic E-state index is 0.00921. The van der Waals surface area contributed by atoms with E-state index in [2.05, 4.69) is 64.6 Å². The lowest BCUT2D eigenvalue weighted by molar-refractivity contribution is 0.0209. The maximum absolute atomic E-state index is 6.88. The highest BCUT2D eigenvalue weighted by molar-refractivity contribution is 5.30. The third kappa shape index (κ3) is 5.55. The van der Waals surface area contributed by atoms with Crippen molar-refractivity contribution in [3.8, 4) is 0 Å². The first-order valence-corrected chi connectivity index (χ1v) is 9.49. The summed E-state index contributed by atoms with van der Waals surface area (Å²) < 4.78 is 6.29. The van der Waals surface area contributed by atoms with E-state index < -0.39 is 5.54 Å². The van der Waals surface area contributed by atoms with Crippen molar-refractivity contribution in [3.05, 3.63) is 83.4 Å². The Balaban J connectivity index is 2.17. The van der Waals surface area contributed by atoms with Crippen LogP contribution in [0.2, 0.25) is 0 Å². The van der Waals surface area contributed by atoms with Crippen LogP contribution >= 0.6 is 0 Å². The standard InChI is InChI=1S/C24H33NO/c1-6-10-18(2)16-24(25,23-11-8-7-9-12-23)17-26-21(5)22-14-19(3)13-20(4)15-22/h6-9,11-15,18,21H,1,10,16-17,25H2,2-5H3/t18?,21-,24-/m1/s1. The molecule has 2 N–H and O–H groups in total. The summed E-state index contributed by atoms with van der Waals surface area (Å²) in [5.41, 5.74) is 11.2. The van der Waals surface area contributed by atoms with Crippen LogP contribution in [0, 0.1) is 19.8 Å². The molecule has 0 spiro atoms. The first-order chi connectivity index (χ1) is 12.3. The molecule has 2 aromatic rings. The number of hydrogen-bond donors (Lipinski definition) is 1. The highest BCUT2D eigenvalue weighted by Crippen LogP contribution is 2.30. The van der Waals surface area contributed by atoms with Crippen LogP contribution in [0.5, 0.6) is 0 Å². The van der Waals surface area contributed by atoms with Crippen LogP contribution in [-0.4, -0.2) is 6.61 Å². The molecule has 0 aliphatic rings. The number of benzene rings is 2. The quantitative estimate of drug-likeness (QED) is 0.576. The topological polar surface area (TPSA) is 35.2 Å².